The van der Waals surface area contributed by atoms with Crippen LogP contribution in [-0.4, -0.2) is 37.7 Å². The van der Waals surface area contributed by atoms with Crippen LogP contribution in [0.5, 0.6) is 0 Å². The molecule has 0 aliphatic heterocycles. The molecule has 0 aromatic rings. The maximum absolute atomic E-state index is 0. The molecule has 2 radical (unpaired) electrons. The Morgan fingerprint density at radius 3 is 0.800 bits per heavy atom. The zero-order valence-electron chi connectivity index (χ0n) is 1.03. The summed E-state index contributed by atoms with van der Waals surface area (Å²) >= 11 is 0. The Bertz CT molecular complexity index is 9.61. The fourth-order valence-corrected chi connectivity index (χ4v) is 0. The van der Waals surface area contributed by atoms with E-state index in [1.54, 1.807) is 0 Å². The fourth-order valence-electron chi connectivity index (χ4n) is 0. The van der Waals surface area contributed by atoms with Gasteiger partial charge in [-0.05, 0) is 0 Å². The van der Waals surface area contributed by atoms with Gasteiger partial charge in [0.2, 0.25) is 0 Å². The van der Waals surface area contributed by atoms with Gasteiger partial charge in [-0.3, -0.25) is 0 Å². The third-order valence-corrected chi connectivity index (χ3v) is 0. The van der Waals surface area contributed by atoms with E-state index in [4.69, 9.17) is 0 Å². The van der Waals surface area contributed by atoms with Crippen LogP contribution in [0.25, 0.3) is 0 Å². The smallest absolute Gasteiger partial charge is 0 e. The van der Waals surface area contributed by atoms with Crippen LogP contribution in [0.2, 0.25) is 0 Å². The van der Waals surface area contributed by atoms with Crippen molar-refractivity contribution in [2.45, 2.75) is 0 Å². The molecule has 0 aliphatic carbocycles. The molecule has 0 bridgehead atoms. The molecule has 0 fully saturated rings. The quantitative estimate of drug-likeness (QED) is 0.415. The van der Waals surface area contributed by atoms with E-state index in [0.717, 1.165) is 0 Å². The Balaban J connectivity index is 0. The van der Waals surface area contributed by atoms with E-state index in [1.807, 2.05) is 0 Å². The third kappa shape index (κ3) is 20.3. The van der Waals surface area contributed by atoms with Crippen LogP contribution in [0.15, 0.2) is 0 Å². The molecule has 0 heterocycles. The molecular weight excluding hydrogens is 186 g/mol. The van der Waals surface area contributed by atoms with E-state index in [2.05, 4.69) is 0 Å². The van der Waals surface area contributed by atoms with Gasteiger partial charge in [-0.2, -0.15) is 0 Å². The Morgan fingerprint density at radius 2 is 0.800 bits per heavy atom. The second kappa shape index (κ2) is 29.8. The average Bonchev–Trinajstić information content (AvgIpc) is 0. The summed E-state index contributed by atoms with van der Waals surface area (Å²) in [5.74, 6) is 0. The van der Waals surface area contributed by atoms with Crippen LogP contribution < -0.4 is 0 Å². The van der Waals surface area contributed by atoms with Gasteiger partial charge in [0.25, 0.3) is 0 Å². The molecule has 0 saturated carbocycles. The van der Waals surface area contributed by atoms with Crippen molar-refractivity contribution in [2.75, 3.05) is 0 Å². The van der Waals surface area contributed by atoms with Crippen molar-refractivity contribution in [2.24, 2.45) is 0 Å². The van der Waals surface area contributed by atoms with Crippen molar-refractivity contribution < 1.29 is 50.3 Å². The van der Waals surface area contributed by atoms with Crippen molar-refractivity contribution in [3.05, 3.63) is 0 Å². The SMILES string of the molecule is [Co].[LiH].[LiH].[Mn].[Ni]. The molecule has 0 saturated heterocycles. The molecule has 0 nitrogen and oxygen atoms in total. The standard InChI is InChI=1S/Co.2Li.Mn.Ni.2H. The zero-order chi connectivity index (χ0) is 0. The Kier molecular flexibility index (Phi) is 281. The Labute approximate surface area is 86.9 Å². The van der Waals surface area contributed by atoms with Crippen molar-refractivity contribution >= 4 is 37.7 Å². The summed E-state index contributed by atoms with van der Waals surface area (Å²) in [6.45, 7) is 0. The van der Waals surface area contributed by atoms with Crippen LogP contribution >= 0.6 is 0 Å². The second-order valence-electron chi connectivity index (χ2n) is 0. The Hall–Kier alpha value is 2.71. The average molecular weight is 188 g/mol. The molecule has 5 heteroatoms. The van der Waals surface area contributed by atoms with E-state index in [1.165, 1.54) is 0 Å². The van der Waals surface area contributed by atoms with E-state index >= 15 is 0 Å². The summed E-state index contributed by atoms with van der Waals surface area (Å²) in [4.78, 5) is 0. The molecule has 0 spiro atoms. The number of rotatable bonds is 0. The third-order valence-electron chi connectivity index (χ3n) is 0. The van der Waals surface area contributed by atoms with Gasteiger partial charge in [0.1, 0.15) is 0 Å². The van der Waals surface area contributed by atoms with Gasteiger partial charge < -0.3 is 0 Å². The van der Waals surface area contributed by atoms with E-state index < -0.39 is 0 Å². The van der Waals surface area contributed by atoms with E-state index in [-0.39, 0.29) is 88.1 Å². The van der Waals surface area contributed by atoms with Gasteiger partial charge in [0, 0.05) is 50.3 Å². The predicted molar refractivity (Wildman–Crippen MR) is 14.3 cm³/mol. The van der Waals surface area contributed by atoms with Crippen molar-refractivity contribution in [1.82, 2.24) is 0 Å². The normalized spacial score (nSPS) is 0. The molecule has 0 atom stereocenters. The molecule has 0 aromatic heterocycles. The van der Waals surface area contributed by atoms with Crippen LogP contribution in [0.3, 0.4) is 0 Å². The first-order valence-electron chi connectivity index (χ1n) is 0. The number of hydrogen-bond acceptors (Lipinski definition) is 0. The molecule has 0 aliphatic rings. The van der Waals surface area contributed by atoms with Gasteiger partial charge in [0.05, 0.1) is 0 Å². The summed E-state index contributed by atoms with van der Waals surface area (Å²) in [7, 11) is 0. The summed E-state index contributed by atoms with van der Waals surface area (Å²) < 4.78 is 0. The van der Waals surface area contributed by atoms with Crippen LogP contribution in [0.4, 0.5) is 0 Å². The van der Waals surface area contributed by atoms with Crippen molar-refractivity contribution in [3.8, 4) is 0 Å². The molecule has 0 N–H and O–H groups in total. The minimum atomic E-state index is 0. The van der Waals surface area contributed by atoms with Crippen LogP contribution in [0.1, 0.15) is 0 Å². The number of hydrogen-bond donors (Lipinski definition) is 0. The summed E-state index contributed by atoms with van der Waals surface area (Å²) in [6.07, 6.45) is 0. The van der Waals surface area contributed by atoms with Crippen LogP contribution in [-0.2, 0) is 50.3 Å². The fraction of sp³-hybridized carbons (Fsp3) is 0. The first-order chi connectivity index (χ1) is 0. The van der Waals surface area contributed by atoms with Gasteiger partial charge in [0.15, 0.2) is 0 Å². The molecule has 0 amide bonds. The monoisotopic (exact) mass is 188 g/mol. The minimum absolute atomic E-state index is 0. The first-order valence-corrected chi connectivity index (χ1v) is 0. The Morgan fingerprint density at radius 1 is 0.800 bits per heavy atom. The predicted octanol–water partition coefficient (Wildman–Crippen LogP) is -1.30. The van der Waals surface area contributed by atoms with E-state index in [9.17, 15) is 0 Å². The van der Waals surface area contributed by atoms with Gasteiger partial charge in [-0.1, -0.05) is 0 Å². The second-order valence-corrected chi connectivity index (χ2v) is 0. The van der Waals surface area contributed by atoms with Crippen LogP contribution in [0, 0.1) is 0 Å². The maximum Gasteiger partial charge on any atom is 0 e. The van der Waals surface area contributed by atoms with Gasteiger partial charge >= 0.3 is 37.7 Å². The first kappa shape index (κ1) is 47.2. The molecule has 0 rings (SSSR count). The van der Waals surface area contributed by atoms with Gasteiger partial charge in [-0.25, -0.2) is 0 Å². The molecule has 0 aromatic carbocycles. The van der Waals surface area contributed by atoms with E-state index in [0.29, 0.717) is 0 Å². The van der Waals surface area contributed by atoms with Gasteiger partial charge in [-0.15, -0.1) is 0 Å². The minimum Gasteiger partial charge on any atom is 0 e. The molecule has 30 valence electrons. The molecule has 0 unspecified atom stereocenters. The summed E-state index contributed by atoms with van der Waals surface area (Å²) in [6, 6.07) is 0. The zero-order valence-corrected chi connectivity index (χ0v) is 4.24. The molecular formula is H2CoLi2MnNi. The van der Waals surface area contributed by atoms with Crippen molar-refractivity contribution in [3.63, 3.8) is 0 Å². The maximum atomic E-state index is 0. The summed E-state index contributed by atoms with van der Waals surface area (Å²) in [5.41, 5.74) is 0. The molecule has 5 heavy (non-hydrogen) atoms. The topological polar surface area (TPSA) is 0 Å². The largest absolute Gasteiger partial charge is 0 e. The van der Waals surface area contributed by atoms with Crippen molar-refractivity contribution in [1.29, 1.82) is 0 Å². The summed E-state index contributed by atoms with van der Waals surface area (Å²) in [5, 5.41) is 0.